The van der Waals surface area contributed by atoms with Gasteiger partial charge in [0.2, 0.25) is 0 Å². The lowest BCUT2D eigenvalue weighted by molar-refractivity contribution is -0.151. The first-order valence-electron chi connectivity index (χ1n) is 5.36. The van der Waals surface area contributed by atoms with Crippen molar-refractivity contribution in [3.63, 3.8) is 0 Å². The number of carbonyl (C=O) groups excluding carboxylic acids is 1. The maximum absolute atomic E-state index is 13.7. The summed E-state index contributed by atoms with van der Waals surface area (Å²) in [5, 5.41) is 10.5. The van der Waals surface area contributed by atoms with Crippen molar-refractivity contribution in [2.75, 3.05) is 13.7 Å². The molecule has 0 aliphatic carbocycles. The lowest BCUT2D eigenvalue weighted by atomic mass is 10.1. The van der Waals surface area contributed by atoms with E-state index in [0.29, 0.717) is 0 Å². The van der Waals surface area contributed by atoms with Gasteiger partial charge in [0.15, 0.2) is 6.10 Å². The molecule has 0 saturated carbocycles. The molecule has 7 heteroatoms. The van der Waals surface area contributed by atoms with Crippen LogP contribution in [0.2, 0.25) is 0 Å². The highest BCUT2D eigenvalue weighted by Gasteiger charge is 2.40. The largest absolute Gasteiger partial charge is 0.479 e. The molecule has 104 valence electrons. The van der Waals surface area contributed by atoms with Crippen LogP contribution in [0.1, 0.15) is 5.56 Å². The van der Waals surface area contributed by atoms with E-state index in [1.807, 2.05) is 5.32 Å². The summed E-state index contributed by atoms with van der Waals surface area (Å²) in [4.78, 5) is 22.0. The maximum atomic E-state index is 13.7. The molecule has 1 aromatic carbocycles. The molecule has 0 spiro atoms. The lowest BCUT2D eigenvalue weighted by Gasteiger charge is -2.18. The topological polar surface area (TPSA) is 75.6 Å². The molecular formula is C12H13F2NO4. The van der Waals surface area contributed by atoms with Crippen LogP contribution >= 0.6 is 0 Å². The highest BCUT2D eigenvalue weighted by Crippen LogP contribution is 2.27. The summed E-state index contributed by atoms with van der Waals surface area (Å²) < 4.78 is 31.9. The van der Waals surface area contributed by atoms with Gasteiger partial charge in [-0.15, -0.1) is 0 Å². The number of nitrogens with one attached hydrogen (secondary N) is 1. The Morgan fingerprint density at radius 1 is 1.37 bits per heavy atom. The molecule has 0 fully saturated rings. The monoisotopic (exact) mass is 273 g/mol. The Balaban J connectivity index is 2.70. The number of carbonyl (C=O) groups is 2. The molecule has 0 aliphatic heterocycles. The van der Waals surface area contributed by atoms with Crippen LogP contribution in [0.4, 0.5) is 8.78 Å². The quantitative estimate of drug-likeness (QED) is 0.810. The third kappa shape index (κ3) is 3.72. The summed E-state index contributed by atoms with van der Waals surface area (Å²) in [5.74, 6) is -6.63. The molecule has 0 aliphatic rings. The maximum Gasteiger partial charge on any atom is 0.349 e. The fraction of sp³-hybridized carbons (Fsp3) is 0.333. The number of alkyl halides is 2. The van der Waals surface area contributed by atoms with Gasteiger partial charge < -0.3 is 15.2 Å². The Morgan fingerprint density at radius 2 is 1.95 bits per heavy atom. The Bertz CT molecular complexity index is 450. The molecule has 0 heterocycles. The summed E-state index contributed by atoms with van der Waals surface area (Å²) in [6.45, 7) is -0.535. The molecule has 0 saturated heterocycles. The van der Waals surface area contributed by atoms with Crippen LogP contribution in [-0.2, 0) is 20.2 Å². The molecule has 1 unspecified atom stereocenters. The number of hydrogen-bond acceptors (Lipinski definition) is 3. The Hall–Kier alpha value is -2.02. The molecule has 1 aromatic rings. The molecule has 0 radical (unpaired) electrons. The normalized spacial score (nSPS) is 12.8. The number of ether oxygens (including phenoxy) is 1. The smallest absolute Gasteiger partial charge is 0.349 e. The summed E-state index contributed by atoms with van der Waals surface area (Å²) in [5.41, 5.74) is -0.461. The van der Waals surface area contributed by atoms with E-state index in [9.17, 15) is 18.4 Å². The van der Waals surface area contributed by atoms with Crippen molar-refractivity contribution in [3.8, 4) is 0 Å². The number of halogens is 2. The van der Waals surface area contributed by atoms with Gasteiger partial charge in [0.25, 0.3) is 5.91 Å². The average Bonchev–Trinajstić information content (AvgIpc) is 2.39. The van der Waals surface area contributed by atoms with Crippen molar-refractivity contribution in [1.29, 1.82) is 0 Å². The van der Waals surface area contributed by atoms with Gasteiger partial charge in [-0.05, 0) is 0 Å². The summed E-state index contributed by atoms with van der Waals surface area (Å²) in [7, 11) is 1.11. The Kier molecular flexibility index (Phi) is 4.94. The molecule has 0 bridgehead atoms. The zero-order chi connectivity index (χ0) is 14.5. The minimum Gasteiger partial charge on any atom is -0.479 e. The number of carboxylic acids is 1. The van der Waals surface area contributed by atoms with E-state index in [4.69, 9.17) is 5.11 Å². The van der Waals surface area contributed by atoms with Gasteiger partial charge in [-0.25, -0.2) is 4.79 Å². The van der Waals surface area contributed by atoms with Gasteiger partial charge >= 0.3 is 11.9 Å². The van der Waals surface area contributed by atoms with Crippen molar-refractivity contribution in [2.24, 2.45) is 0 Å². The van der Waals surface area contributed by atoms with Crippen molar-refractivity contribution >= 4 is 11.9 Å². The highest BCUT2D eigenvalue weighted by atomic mass is 19.3. The van der Waals surface area contributed by atoms with Crippen molar-refractivity contribution in [2.45, 2.75) is 12.0 Å². The molecule has 2 N–H and O–H groups in total. The SMILES string of the molecule is COC(CNC(=O)C(F)(F)c1ccccc1)C(=O)O. The second kappa shape index (κ2) is 6.24. The van der Waals surface area contributed by atoms with E-state index in [1.54, 1.807) is 6.07 Å². The van der Waals surface area contributed by atoms with Crippen LogP contribution < -0.4 is 5.32 Å². The first-order chi connectivity index (χ1) is 8.89. The van der Waals surface area contributed by atoms with Crippen LogP contribution in [0.15, 0.2) is 30.3 Å². The molecule has 1 amide bonds. The predicted molar refractivity (Wildman–Crippen MR) is 61.8 cm³/mol. The number of carboxylic acid groups (broad SMARTS) is 1. The number of methoxy groups -OCH3 is 1. The number of hydrogen-bond donors (Lipinski definition) is 2. The second-order valence-electron chi connectivity index (χ2n) is 3.71. The minimum absolute atomic E-state index is 0.461. The van der Waals surface area contributed by atoms with Crippen molar-refractivity contribution in [3.05, 3.63) is 35.9 Å². The van der Waals surface area contributed by atoms with E-state index >= 15 is 0 Å². The summed E-state index contributed by atoms with van der Waals surface area (Å²) in [6.07, 6.45) is -1.37. The number of amides is 1. The van der Waals surface area contributed by atoms with E-state index in [-0.39, 0.29) is 0 Å². The zero-order valence-corrected chi connectivity index (χ0v) is 10.1. The van der Waals surface area contributed by atoms with Gasteiger partial charge in [0.1, 0.15) is 0 Å². The summed E-state index contributed by atoms with van der Waals surface area (Å²) >= 11 is 0. The highest BCUT2D eigenvalue weighted by molar-refractivity contribution is 5.85. The van der Waals surface area contributed by atoms with Gasteiger partial charge in [-0.1, -0.05) is 30.3 Å². The van der Waals surface area contributed by atoms with E-state index in [1.165, 1.54) is 12.1 Å². The number of rotatable bonds is 6. The fourth-order valence-corrected chi connectivity index (χ4v) is 1.35. The molecule has 0 aromatic heterocycles. The third-order valence-corrected chi connectivity index (χ3v) is 2.43. The van der Waals surface area contributed by atoms with Crippen LogP contribution in [0.25, 0.3) is 0 Å². The van der Waals surface area contributed by atoms with Gasteiger partial charge in [0.05, 0.1) is 6.54 Å². The number of aliphatic carboxylic acids is 1. The van der Waals surface area contributed by atoms with E-state index in [0.717, 1.165) is 19.2 Å². The number of benzene rings is 1. The summed E-state index contributed by atoms with van der Waals surface area (Å²) in [6, 6.07) is 6.54. The Morgan fingerprint density at radius 3 is 2.42 bits per heavy atom. The molecule has 5 nitrogen and oxygen atoms in total. The van der Waals surface area contributed by atoms with Crippen molar-refractivity contribution in [1.82, 2.24) is 5.32 Å². The molecule has 1 atom stereocenters. The first kappa shape index (κ1) is 15.0. The third-order valence-electron chi connectivity index (χ3n) is 2.43. The van der Waals surface area contributed by atoms with Crippen LogP contribution in [0, 0.1) is 0 Å². The van der Waals surface area contributed by atoms with Crippen molar-refractivity contribution < 1.29 is 28.2 Å². The first-order valence-corrected chi connectivity index (χ1v) is 5.36. The van der Waals surface area contributed by atoms with Gasteiger partial charge in [-0.2, -0.15) is 8.78 Å². The Labute approximate surface area is 108 Å². The average molecular weight is 273 g/mol. The van der Waals surface area contributed by atoms with Crippen LogP contribution in [0.3, 0.4) is 0 Å². The van der Waals surface area contributed by atoms with E-state index < -0.39 is 36.0 Å². The van der Waals surface area contributed by atoms with Crippen LogP contribution in [-0.4, -0.2) is 36.7 Å². The standard InChI is InChI=1S/C12H13F2NO4/c1-19-9(10(16)17)7-15-11(18)12(13,14)8-5-3-2-4-6-8/h2-6,9H,7H2,1H3,(H,15,18)(H,16,17). The van der Waals surface area contributed by atoms with E-state index in [2.05, 4.69) is 4.74 Å². The second-order valence-corrected chi connectivity index (χ2v) is 3.71. The molecule has 19 heavy (non-hydrogen) atoms. The lowest BCUT2D eigenvalue weighted by Crippen LogP contribution is -2.44. The fourth-order valence-electron chi connectivity index (χ4n) is 1.35. The minimum atomic E-state index is -3.72. The predicted octanol–water partition coefficient (Wildman–Crippen LogP) is 0.994. The van der Waals surface area contributed by atoms with Gasteiger partial charge in [-0.3, -0.25) is 4.79 Å². The molecular weight excluding hydrogens is 260 g/mol. The van der Waals surface area contributed by atoms with Crippen LogP contribution in [0.5, 0.6) is 0 Å². The zero-order valence-electron chi connectivity index (χ0n) is 10.1. The molecule has 1 rings (SSSR count). The van der Waals surface area contributed by atoms with Gasteiger partial charge in [0, 0.05) is 12.7 Å².